The third kappa shape index (κ3) is 3.54. The number of benzene rings is 1. The van der Waals surface area contributed by atoms with Crippen LogP contribution in [0.5, 0.6) is 0 Å². The van der Waals surface area contributed by atoms with Gasteiger partial charge in [0.25, 0.3) is 5.69 Å². The number of rotatable bonds is 4. The highest BCUT2D eigenvalue weighted by molar-refractivity contribution is 5.77. The van der Waals surface area contributed by atoms with Crippen molar-refractivity contribution in [3.8, 4) is 0 Å². The number of carbonyl (C=O) groups excluding carboxylic acids is 1. The fourth-order valence-corrected chi connectivity index (χ4v) is 2.37. The Morgan fingerprint density at radius 3 is 2.40 bits per heavy atom. The Morgan fingerprint density at radius 1 is 1.25 bits per heavy atom. The van der Waals surface area contributed by atoms with Gasteiger partial charge in [0.1, 0.15) is 0 Å². The molecule has 1 aromatic rings. The Balaban J connectivity index is 1.94. The zero-order valence-corrected chi connectivity index (χ0v) is 11.2. The molecule has 0 saturated carbocycles. The fourth-order valence-electron chi connectivity index (χ4n) is 2.37. The number of nitro groups is 1. The lowest BCUT2D eigenvalue weighted by Crippen LogP contribution is -2.36. The van der Waals surface area contributed by atoms with Gasteiger partial charge in [-0.3, -0.25) is 14.9 Å². The van der Waals surface area contributed by atoms with E-state index in [4.69, 9.17) is 0 Å². The number of piperidine rings is 1. The minimum atomic E-state index is -0.912. The van der Waals surface area contributed by atoms with E-state index < -0.39 is 11.0 Å². The zero-order chi connectivity index (χ0) is 14.5. The summed E-state index contributed by atoms with van der Waals surface area (Å²) in [6.07, 6.45) is 2.29. The van der Waals surface area contributed by atoms with Gasteiger partial charge in [-0.05, 0) is 37.0 Å². The normalized spacial score (nSPS) is 16.8. The third-order valence-electron chi connectivity index (χ3n) is 3.57. The molecule has 20 heavy (non-hydrogen) atoms. The number of aliphatic hydroxyl groups is 1. The van der Waals surface area contributed by atoms with Crippen molar-refractivity contribution in [2.75, 3.05) is 13.1 Å². The van der Waals surface area contributed by atoms with E-state index in [-0.39, 0.29) is 18.0 Å². The number of nitro benzene ring substituents is 1. The van der Waals surface area contributed by atoms with Crippen LogP contribution in [-0.4, -0.2) is 33.9 Å². The molecule has 6 nitrogen and oxygen atoms in total. The lowest BCUT2D eigenvalue weighted by atomic mass is 10.0. The van der Waals surface area contributed by atoms with E-state index in [0.29, 0.717) is 5.56 Å². The maximum atomic E-state index is 12.0. The Labute approximate surface area is 117 Å². The monoisotopic (exact) mass is 278 g/mol. The second-order valence-corrected chi connectivity index (χ2v) is 5.01. The molecule has 1 saturated heterocycles. The van der Waals surface area contributed by atoms with Crippen molar-refractivity contribution in [2.24, 2.45) is 0 Å². The van der Waals surface area contributed by atoms with Gasteiger partial charge < -0.3 is 10.0 Å². The summed E-state index contributed by atoms with van der Waals surface area (Å²) in [4.78, 5) is 23.8. The molecule has 1 aliphatic rings. The molecular weight excluding hydrogens is 260 g/mol. The number of hydrogen-bond donors (Lipinski definition) is 1. The minimum absolute atomic E-state index is 0.0247. The van der Waals surface area contributed by atoms with E-state index in [2.05, 4.69) is 0 Å². The van der Waals surface area contributed by atoms with Crippen molar-refractivity contribution in [1.82, 2.24) is 4.90 Å². The second-order valence-electron chi connectivity index (χ2n) is 5.01. The molecule has 1 heterocycles. The van der Waals surface area contributed by atoms with Crippen LogP contribution < -0.4 is 0 Å². The summed E-state index contributed by atoms with van der Waals surface area (Å²) in [5.74, 6) is -0.0597. The highest BCUT2D eigenvalue weighted by atomic mass is 16.6. The molecule has 1 unspecified atom stereocenters. The second kappa shape index (κ2) is 6.47. The van der Waals surface area contributed by atoms with E-state index >= 15 is 0 Å². The van der Waals surface area contributed by atoms with Gasteiger partial charge in [0.15, 0.2) is 0 Å². The molecule has 0 radical (unpaired) electrons. The summed E-state index contributed by atoms with van der Waals surface area (Å²) in [7, 11) is 0. The maximum Gasteiger partial charge on any atom is 0.269 e. The summed E-state index contributed by atoms with van der Waals surface area (Å²) in [6, 6.07) is 5.66. The molecule has 6 heteroatoms. The highest BCUT2D eigenvalue weighted by Crippen LogP contribution is 2.21. The van der Waals surface area contributed by atoms with E-state index in [1.165, 1.54) is 24.3 Å². The van der Waals surface area contributed by atoms with Gasteiger partial charge >= 0.3 is 0 Å². The molecule has 0 bridgehead atoms. The van der Waals surface area contributed by atoms with Crippen LogP contribution in [0.25, 0.3) is 0 Å². The maximum absolute atomic E-state index is 12.0. The van der Waals surface area contributed by atoms with Crippen LogP contribution in [0.4, 0.5) is 5.69 Å². The smallest absolute Gasteiger partial charge is 0.269 e. The summed E-state index contributed by atoms with van der Waals surface area (Å²) in [5.41, 5.74) is 0.504. The average molecular weight is 278 g/mol. The van der Waals surface area contributed by atoms with Crippen molar-refractivity contribution in [2.45, 2.75) is 31.8 Å². The third-order valence-corrected chi connectivity index (χ3v) is 3.57. The van der Waals surface area contributed by atoms with E-state index in [0.717, 1.165) is 32.4 Å². The van der Waals surface area contributed by atoms with Gasteiger partial charge in [0.05, 0.1) is 17.4 Å². The van der Waals surface area contributed by atoms with Crippen LogP contribution >= 0.6 is 0 Å². The lowest BCUT2D eigenvalue weighted by Gasteiger charge is -2.27. The molecule has 1 atom stereocenters. The van der Waals surface area contributed by atoms with Gasteiger partial charge in [-0.2, -0.15) is 0 Å². The van der Waals surface area contributed by atoms with Gasteiger partial charge in [-0.25, -0.2) is 0 Å². The predicted molar refractivity (Wildman–Crippen MR) is 73.1 cm³/mol. The van der Waals surface area contributed by atoms with Crippen LogP contribution in [0.15, 0.2) is 24.3 Å². The first-order chi connectivity index (χ1) is 9.58. The quantitative estimate of drug-likeness (QED) is 0.674. The Bertz CT molecular complexity index is 480. The standard InChI is InChI=1S/C14H18N2O4/c17-13(10-14(18)15-8-2-1-3-9-15)11-4-6-12(7-5-11)16(19)20/h4-7,13,17H,1-3,8-10H2. The lowest BCUT2D eigenvalue weighted by molar-refractivity contribution is -0.384. The molecule has 1 aliphatic heterocycles. The Hall–Kier alpha value is -1.95. The van der Waals surface area contributed by atoms with Crippen LogP contribution in [0.2, 0.25) is 0 Å². The number of amides is 1. The van der Waals surface area contributed by atoms with Crippen molar-refractivity contribution in [1.29, 1.82) is 0 Å². The number of nitrogens with zero attached hydrogens (tertiary/aromatic N) is 2. The van der Waals surface area contributed by atoms with Crippen molar-refractivity contribution >= 4 is 11.6 Å². The first-order valence-corrected chi connectivity index (χ1v) is 6.78. The summed E-state index contributed by atoms with van der Waals surface area (Å²) in [5, 5.41) is 20.6. The van der Waals surface area contributed by atoms with Crippen LogP contribution in [0.1, 0.15) is 37.4 Å². The van der Waals surface area contributed by atoms with E-state index in [1.807, 2.05) is 0 Å². The topological polar surface area (TPSA) is 83.7 Å². The van der Waals surface area contributed by atoms with Crippen LogP contribution in [0.3, 0.4) is 0 Å². The van der Waals surface area contributed by atoms with Crippen LogP contribution in [-0.2, 0) is 4.79 Å². The van der Waals surface area contributed by atoms with Gasteiger partial charge in [-0.1, -0.05) is 0 Å². The first-order valence-electron chi connectivity index (χ1n) is 6.78. The highest BCUT2D eigenvalue weighted by Gasteiger charge is 2.20. The number of carbonyl (C=O) groups is 1. The number of likely N-dealkylation sites (tertiary alicyclic amines) is 1. The Morgan fingerprint density at radius 2 is 1.85 bits per heavy atom. The molecular formula is C14H18N2O4. The average Bonchev–Trinajstić information content (AvgIpc) is 2.48. The molecule has 108 valence electrons. The fraction of sp³-hybridized carbons (Fsp3) is 0.500. The molecule has 2 rings (SSSR count). The van der Waals surface area contributed by atoms with Crippen molar-refractivity contribution < 1.29 is 14.8 Å². The van der Waals surface area contributed by atoms with Gasteiger partial charge in [0, 0.05) is 25.2 Å². The molecule has 0 spiro atoms. The molecule has 1 aromatic carbocycles. The molecule has 1 amide bonds. The minimum Gasteiger partial charge on any atom is -0.388 e. The molecule has 0 aliphatic carbocycles. The summed E-state index contributed by atoms with van der Waals surface area (Å²) in [6.45, 7) is 1.51. The van der Waals surface area contributed by atoms with E-state index in [1.54, 1.807) is 4.90 Å². The van der Waals surface area contributed by atoms with Crippen molar-refractivity contribution in [3.63, 3.8) is 0 Å². The molecule has 0 aromatic heterocycles. The van der Waals surface area contributed by atoms with Gasteiger partial charge in [-0.15, -0.1) is 0 Å². The van der Waals surface area contributed by atoms with Gasteiger partial charge in [0.2, 0.25) is 5.91 Å². The number of non-ortho nitro benzene ring substituents is 1. The molecule has 1 N–H and O–H groups in total. The summed E-state index contributed by atoms with van der Waals surface area (Å²) >= 11 is 0. The largest absolute Gasteiger partial charge is 0.388 e. The molecule has 1 fully saturated rings. The van der Waals surface area contributed by atoms with Crippen molar-refractivity contribution in [3.05, 3.63) is 39.9 Å². The number of hydrogen-bond acceptors (Lipinski definition) is 4. The summed E-state index contributed by atoms with van der Waals surface area (Å²) < 4.78 is 0. The SMILES string of the molecule is O=C(CC(O)c1ccc([N+](=O)[O-])cc1)N1CCCCC1. The number of aliphatic hydroxyl groups excluding tert-OH is 1. The van der Waals surface area contributed by atoms with E-state index in [9.17, 15) is 20.0 Å². The first kappa shape index (κ1) is 14.5. The predicted octanol–water partition coefficient (Wildman–Crippen LogP) is 2.03. The van der Waals surface area contributed by atoms with Crippen LogP contribution in [0, 0.1) is 10.1 Å². The Kier molecular flexibility index (Phi) is 4.68. The zero-order valence-electron chi connectivity index (χ0n) is 11.2.